The first-order valence-electron chi connectivity index (χ1n) is 8.02. The molecule has 2 heterocycles. The standard InChI is InChI=1S/C17H11F2N5O2/c18-11-4-5-12-16(15(11)19)23(9-1-2-9)17(21-12)22-8-20-13-7-10(24(25)26)3-6-14(13)22/h3-9H,1-2H2. The van der Waals surface area contributed by atoms with E-state index in [0.29, 0.717) is 22.5 Å². The van der Waals surface area contributed by atoms with Crippen LogP contribution in [-0.4, -0.2) is 24.0 Å². The van der Waals surface area contributed by atoms with Gasteiger partial charge < -0.3 is 4.57 Å². The Morgan fingerprint density at radius 3 is 2.69 bits per heavy atom. The zero-order valence-electron chi connectivity index (χ0n) is 13.3. The van der Waals surface area contributed by atoms with Gasteiger partial charge in [-0.15, -0.1) is 0 Å². The minimum Gasteiger partial charge on any atom is -0.304 e. The van der Waals surface area contributed by atoms with Crippen molar-refractivity contribution in [1.29, 1.82) is 0 Å². The maximum atomic E-state index is 14.4. The molecule has 0 spiro atoms. The molecule has 2 aromatic heterocycles. The van der Waals surface area contributed by atoms with Crippen molar-refractivity contribution in [1.82, 2.24) is 19.1 Å². The highest BCUT2D eigenvalue weighted by molar-refractivity contribution is 5.82. The number of nitro groups is 1. The Balaban J connectivity index is 1.80. The predicted molar refractivity (Wildman–Crippen MR) is 89.2 cm³/mol. The van der Waals surface area contributed by atoms with Crippen LogP contribution in [0, 0.1) is 21.7 Å². The molecule has 0 amide bonds. The van der Waals surface area contributed by atoms with Gasteiger partial charge in [0, 0.05) is 18.2 Å². The summed E-state index contributed by atoms with van der Waals surface area (Å²) in [4.78, 5) is 19.1. The maximum Gasteiger partial charge on any atom is 0.271 e. The number of benzene rings is 2. The third-order valence-electron chi connectivity index (χ3n) is 4.59. The third-order valence-corrected chi connectivity index (χ3v) is 4.59. The van der Waals surface area contributed by atoms with Crippen molar-refractivity contribution in [2.24, 2.45) is 0 Å². The second-order valence-electron chi connectivity index (χ2n) is 6.29. The molecule has 1 aliphatic rings. The fraction of sp³-hybridized carbons (Fsp3) is 0.176. The quantitative estimate of drug-likeness (QED) is 0.412. The van der Waals surface area contributed by atoms with Crippen molar-refractivity contribution in [3.05, 3.63) is 58.4 Å². The molecule has 1 aliphatic carbocycles. The fourth-order valence-electron chi connectivity index (χ4n) is 3.23. The van der Waals surface area contributed by atoms with E-state index in [1.807, 2.05) is 0 Å². The number of nitro benzene ring substituents is 1. The van der Waals surface area contributed by atoms with E-state index in [4.69, 9.17) is 0 Å². The van der Waals surface area contributed by atoms with Crippen LogP contribution >= 0.6 is 0 Å². The summed E-state index contributed by atoms with van der Waals surface area (Å²) in [6, 6.07) is 6.87. The fourth-order valence-corrected chi connectivity index (χ4v) is 3.23. The summed E-state index contributed by atoms with van der Waals surface area (Å²) in [7, 11) is 0. The van der Waals surface area contributed by atoms with E-state index < -0.39 is 16.6 Å². The Kier molecular flexibility index (Phi) is 2.91. The number of hydrogen-bond acceptors (Lipinski definition) is 4. The summed E-state index contributed by atoms with van der Waals surface area (Å²) in [6.45, 7) is 0. The lowest BCUT2D eigenvalue weighted by atomic mass is 10.3. The average Bonchev–Trinajstić information content (AvgIpc) is 3.26. The lowest BCUT2D eigenvalue weighted by Gasteiger charge is -2.09. The largest absolute Gasteiger partial charge is 0.304 e. The number of rotatable bonds is 3. The van der Waals surface area contributed by atoms with Gasteiger partial charge in [0.2, 0.25) is 5.95 Å². The van der Waals surface area contributed by atoms with Gasteiger partial charge >= 0.3 is 0 Å². The zero-order valence-corrected chi connectivity index (χ0v) is 13.3. The molecule has 130 valence electrons. The van der Waals surface area contributed by atoms with Gasteiger partial charge in [0.25, 0.3) is 5.69 Å². The van der Waals surface area contributed by atoms with E-state index in [1.54, 1.807) is 15.2 Å². The first-order chi connectivity index (χ1) is 12.5. The van der Waals surface area contributed by atoms with E-state index in [2.05, 4.69) is 9.97 Å². The van der Waals surface area contributed by atoms with Gasteiger partial charge in [0.1, 0.15) is 11.8 Å². The normalized spacial score (nSPS) is 14.4. The van der Waals surface area contributed by atoms with E-state index in [0.717, 1.165) is 18.9 Å². The number of halogens is 2. The highest BCUT2D eigenvalue weighted by Crippen LogP contribution is 2.41. The van der Waals surface area contributed by atoms with E-state index in [-0.39, 0.29) is 17.2 Å². The second-order valence-corrected chi connectivity index (χ2v) is 6.29. The third kappa shape index (κ3) is 2.03. The number of non-ortho nitro benzene ring substituents is 1. The van der Waals surface area contributed by atoms with Crippen molar-refractivity contribution >= 4 is 27.8 Å². The first-order valence-corrected chi connectivity index (χ1v) is 8.02. The molecule has 0 unspecified atom stereocenters. The molecule has 0 atom stereocenters. The molecule has 2 aromatic carbocycles. The summed E-state index contributed by atoms with van der Waals surface area (Å²) in [5, 5.41) is 10.9. The Hall–Kier alpha value is -3.36. The van der Waals surface area contributed by atoms with Crippen LogP contribution in [0.4, 0.5) is 14.5 Å². The van der Waals surface area contributed by atoms with Crippen LogP contribution in [-0.2, 0) is 0 Å². The monoisotopic (exact) mass is 355 g/mol. The minimum atomic E-state index is -0.923. The van der Waals surface area contributed by atoms with Gasteiger partial charge in [-0.05, 0) is 31.0 Å². The van der Waals surface area contributed by atoms with E-state index in [1.165, 1.54) is 24.5 Å². The van der Waals surface area contributed by atoms with Crippen LogP contribution in [0.5, 0.6) is 0 Å². The Morgan fingerprint density at radius 1 is 1.15 bits per heavy atom. The predicted octanol–water partition coefficient (Wildman–Crippen LogP) is 3.90. The first kappa shape index (κ1) is 14.9. The minimum absolute atomic E-state index is 0.0433. The zero-order chi connectivity index (χ0) is 18.0. The van der Waals surface area contributed by atoms with Crippen molar-refractivity contribution in [3.8, 4) is 5.95 Å². The number of imidazole rings is 2. The van der Waals surface area contributed by atoms with Gasteiger partial charge in [-0.1, -0.05) is 0 Å². The molecule has 5 rings (SSSR count). The van der Waals surface area contributed by atoms with Gasteiger partial charge in [-0.3, -0.25) is 14.7 Å². The van der Waals surface area contributed by atoms with Gasteiger partial charge in [0.15, 0.2) is 11.6 Å². The van der Waals surface area contributed by atoms with E-state index >= 15 is 0 Å². The highest BCUT2D eigenvalue weighted by Gasteiger charge is 2.31. The molecule has 26 heavy (non-hydrogen) atoms. The second kappa shape index (κ2) is 5.07. The van der Waals surface area contributed by atoms with Crippen molar-refractivity contribution in [2.75, 3.05) is 0 Å². The Bertz CT molecular complexity index is 1210. The molecular weight excluding hydrogens is 344 g/mol. The molecule has 0 bridgehead atoms. The molecular formula is C17H11F2N5O2. The van der Waals surface area contributed by atoms with Crippen LogP contribution in [0.3, 0.4) is 0 Å². The number of aromatic nitrogens is 4. The average molecular weight is 355 g/mol. The maximum absolute atomic E-state index is 14.4. The summed E-state index contributed by atoms with van der Waals surface area (Å²) in [6.07, 6.45) is 3.20. The number of nitrogens with zero attached hydrogens (tertiary/aromatic N) is 5. The van der Waals surface area contributed by atoms with Crippen LogP contribution in [0.1, 0.15) is 18.9 Å². The molecule has 0 N–H and O–H groups in total. The van der Waals surface area contributed by atoms with Gasteiger partial charge in [0.05, 0.1) is 21.5 Å². The molecule has 0 saturated heterocycles. The van der Waals surface area contributed by atoms with Crippen molar-refractivity contribution < 1.29 is 13.7 Å². The molecule has 4 aromatic rings. The lowest BCUT2D eigenvalue weighted by Crippen LogP contribution is -2.06. The molecule has 1 fully saturated rings. The van der Waals surface area contributed by atoms with Gasteiger partial charge in [-0.2, -0.15) is 0 Å². The summed E-state index contributed by atoms with van der Waals surface area (Å²) in [5.41, 5.74) is 1.46. The molecule has 9 heteroatoms. The van der Waals surface area contributed by atoms with Gasteiger partial charge in [-0.25, -0.2) is 18.7 Å². The van der Waals surface area contributed by atoms with E-state index in [9.17, 15) is 18.9 Å². The van der Waals surface area contributed by atoms with Crippen molar-refractivity contribution in [3.63, 3.8) is 0 Å². The SMILES string of the molecule is O=[N+]([O-])c1ccc2c(c1)ncn2-c1nc2ccc(F)c(F)c2n1C1CC1. The summed E-state index contributed by atoms with van der Waals surface area (Å²) in [5.74, 6) is -1.42. The lowest BCUT2D eigenvalue weighted by molar-refractivity contribution is -0.384. The van der Waals surface area contributed by atoms with Crippen LogP contribution in [0.2, 0.25) is 0 Å². The molecule has 1 saturated carbocycles. The highest BCUT2D eigenvalue weighted by atomic mass is 19.2. The van der Waals surface area contributed by atoms with Crippen LogP contribution in [0.25, 0.3) is 28.0 Å². The smallest absolute Gasteiger partial charge is 0.271 e. The topological polar surface area (TPSA) is 78.8 Å². The summed E-state index contributed by atoms with van der Waals surface area (Å²) >= 11 is 0. The van der Waals surface area contributed by atoms with Crippen LogP contribution < -0.4 is 0 Å². The van der Waals surface area contributed by atoms with Crippen LogP contribution in [0.15, 0.2) is 36.7 Å². The number of fused-ring (bicyclic) bond motifs is 2. The molecule has 0 aliphatic heterocycles. The summed E-state index contributed by atoms with van der Waals surface area (Å²) < 4.78 is 31.5. The number of hydrogen-bond donors (Lipinski definition) is 0. The Morgan fingerprint density at radius 2 is 1.96 bits per heavy atom. The molecule has 7 nitrogen and oxygen atoms in total. The molecule has 0 radical (unpaired) electrons. The van der Waals surface area contributed by atoms with Crippen molar-refractivity contribution in [2.45, 2.75) is 18.9 Å². The Labute approximate surface area is 144 Å².